The zero-order chi connectivity index (χ0) is 12.7. The van der Waals surface area contributed by atoms with Crippen molar-refractivity contribution in [2.24, 2.45) is 0 Å². The van der Waals surface area contributed by atoms with E-state index in [1.54, 1.807) is 0 Å². The molecule has 1 aromatic rings. The number of rotatable bonds is 7. The van der Waals surface area contributed by atoms with Crippen LogP contribution in [0.2, 0.25) is 5.28 Å². The minimum atomic E-state index is 0.129. The van der Waals surface area contributed by atoms with E-state index in [2.05, 4.69) is 15.0 Å². The number of aromatic nitrogens is 3. The predicted octanol–water partition coefficient (Wildman–Crippen LogP) is 2.18. The van der Waals surface area contributed by atoms with E-state index in [-0.39, 0.29) is 23.2 Å². The molecule has 7 heteroatoms. The van der Waals surface area contributed by atoms with Crippen LogP contribution in [0.5, 0.6) is 6.01 Å². The maximum absolute atomic E-state index is 8.82. The molecular formula is C10H16ClN3O2S. The maximum Gasteiger partial charge on any atom is 0.321 e. The monoisotopic (exact) mass is 277 g/mol. The summed E-state index contributed by atoms with van der Waals surface area (Å²) in [6, 6.07) is 0.255. The van der Waals surface area contributed by atoms with E-state index < -0.39 is 0 Å². The normalized spacial score (nSPS) is 12.5. The first-order valence-electron chi connectivity index (χ1n) is 5.47. The highest BCUT2D eigenvalue weighted by Gasteiger charge is 2.10. The van der Waals surface area contributed by atoms with E-state index in [0.717, 1.165) is 6.42 Å². The first-order chi connectivity index (χ1) is 8.15. The third kappa shape index (κ3) is 5.52. The molecule has 0 saturated heterocycles. The first kappa shape index (κ1) is 14.5. The molecule has 17 heavy (non-hydrogen) atoms. The summed E-state index contributed by atoms with van der Waals surface area (Å²) < 4.78 is 5.31. The van der Waals surface area contributed by atoms with Gasteiger partial charge in [0, 0.05) is 11.9 Å². The van der Waals surface area contributed by atoms with Gasteiger partial charge in [0.2, 0.25) is 5.28 Å². The number of thioether (sulfide) groups is 1. The van der Waals surface area contributed by atoms with E-state index in [4.69, 9.17) is 21.4 Å². The lowest BCUT2D eigenvalue weighted by Gasteiger charge is -2.09. The standard InChI is InChI=1S/C10H16ClN3O2S/c1-3-6-16-9-12-8(11)13-10(14-9)17-7(2)4-5-15/h7,15H,3-6H2,1-2H3. The van der Waals surface area contributed by atoms with Gasteiger partial charge in [-0.2, -0.15) is 15.0 Å². The highest BCUT2D eigenvalue weighted by atomic mass is 35.5. The summed E-state index contributed by atoms with van der Waals surface area (Å²) in [6.45, 7) is 4.69. The molecule has 0 spiro atoms. The van der Waals surface area contributed by atoms with Gasteiger partial charge in [0.05, 0.1) is 6.61 Å². The van der Waals surface area contributed by atoms with Gasteiger partial charge in [-0.3, -0.25) is 0 Å². The van der Waals surface area contributed by atoms with Crippen molar-refractivity contribution >= 4 is 23.4 Å². The van der Waals surface area contributed by atoms with Crippen LogP contribution in [0.15, 0.2) is 5.16 Å². The molecule has 0 amide bonds. The Morgan fingerprint density at radius 2 is 2.18 bits per heavy atom. The largest absolute Gasteiger partial charge is 0.463 e. The van der Waals surface area contributed by atoms with Gasteiger partial charge in [-0.25, -0.2) is 0 Å². The van der Waals surface area contributed by atoms with Crippen molar-refractivity contribution in [3.05, 3.63) is 5.28 Å². The molecule has 1 atom stereocenters. The van der Waals surface area contributed by atoms with E-state index in [0.29, 0.717) is 18.2 Å². The van der Waals surface area contributed by atoms with Crippen LogP contribution >= 0.6 is 23.4 Å². The van der Waals surface area contributed by atoms with E-state index >= 15 is 0 Å². The van der Waals surface area contributed by atoms with Gasteiger partial charge in [-0.05, 0) is 24.4 Å². The molecule has 0 aliphatic carbocycles. The van der Waals surface area contributed by atoms with Crippen molar-refractivity contribution in [3.8, 4) is 6.01 Å². The van der Waals surface area contributed by atoms with E-state index in [9.17, 15) is 0 Å². The Kier molecular flexibility index (Phi) is 6.54. The van der Waals surface area contributed by atoms with Crippen LogP contribution in [0.4, 0.5) is 0 Å². The second-order valence-corrected chi connectivity index (χ2v) is 5.20. The van der Waals surface area contributed by atoms with Crippen molar-refractivity contribution in [2.75, 3.05) is 13.2 Å². The summed E-state index contributed by atoms with van der Waals surface area (Å²) in [5.74, 6) is 0. The van der Waals surface area contributed by atoms with Crippen LogP contribution in [-0.4, -0.2) is 38.5 Å². The van der Waals surface area contributed by atoms with Gasteiger partial charge in [-0.15, -0.1) is 0 Å². The van der Waals surface area contributed by atoms with Gasteiger partial charge >= 0.3 is 6.01 Å². The molecule has 1 rings (SSSR count). The van der Waals surface area contributed by atoms with Crippen molar-refractivity contribution in [3.63, 3.8) is 0 Å². The van der Waals surface area contributed by atoms with Gasteiger partial charge in [0.15, 0.2) is 5.16 Å². The summed E-state index contributed by atoms with van der Waals surface area (Å²) in [5.41, 5.74) is 0. The van der Waals surface area contributed by atoms with Crippen LogP contribution in [0.1, 0.15) is 26.7 Å². The van der Waals surface area contributed by atoms with Gasteiger partial charge in [0.1, 0.15) is 0 Å². The molecule has 0 bridgehead atoms. The SMILES string of the molecule is CCCOc1nc(Cl)nc(SC(C)CCO)n1. The summed E-state index contributed by atoms with van der Waals surface area (Å²) in [7, 11) is 0. The lowest BCUT2D eigenvalue weighted by molar-refractivity contribution is 0.287. The molecule has 0 radical (unpaired) electrons. The maximum atomic E-state index is 8.82. The van der Waals surface area contributed by atoms with Crippen LogP contribution in [-0.2, 0) is 0 Å². The number of halogens is 1. The van der Waals surface area contributed by atoms with Crippen molar-refractivity contribution in [1.82, 2.24) is 15.0 Å². The van der Waals surface area contributed by atoms with Crippen molar-refractivity contribution in [2.45, 2.75) is 37.1 Å². The van der Waals surface area contributed by atoms with E-state index in [1.807, 2.05) is 13.8 Å². The number of hydrogen-bond donors (Lipinski definition) is 1. The number of aliphatic hydroxyl groups excluding tert-OH is 1. The molecule has 0 fully saturated rings. The lowest BCUT2D eigenvalue weighted by atomic mass is 10.4. The molecule has 0 aromatic carbocycles. The Labute approximate surface area is 110 Å². The fourth-order valence-corrected chi connectivity index (χ4v) is 2.10. The minimum Gasteiger partial charge on any atom is -0.463 e. The third-order valence-corrected chi connectivity index (χ3v) is 3.05. The van der Waals surface area contributed by atoms with Crippen LogP contribution in [0.25, 0.3) is 0 Å². The Hall–Kier alpha value is -0.590. The molecule has 0 aliphatic rings. The zero-order valence-corrected chi connectivity index (χ0v) is 11.5. The predicted molar refractivity (Wildman–Crippen MR) is 67.6 cm³/mol. The quantitative estimate of drug-likeness (QED) is 0.771. The van der Waals surface area contributed by atoms with Crippen molar-refractivity contribution < 1.29 is 9.84 Å². The topological polar surface area (TPSA) is 68.1 Å². The number of ether oxygens (including phenoxy) is 1. The van der Waals surface area contributed by atoms with Crippen LogP contribution in [0, 0.1) is 0 Å². The Morgan fingerprint density at radius 3 is 2.82 bits per heavy atom. The average Bonchev–Trinajstić information content (AvgIpc) is 2.25. The van der Waals surface area contributed by atoms with Gasteiger partial charge in [-0.1, -0.05) is 25.6 Å². The summed E-state index contributed by atoms with van der Waals surface area (Å²) >= 11 is 7.23. The smallest absolute Gasteiger partial charge is 0.321 e. The second kappa shape index (κ2) is 7.68. The Balaban J connectivity index is 2.67. The fraction of sp³-hybridized carbons (Fsp3) is 0.700. The molecule has 0 saturated carbocycles. The summed E-state index contributed by atoms with van der Waals surface area (Å²) in [4.78, 5) is 12.0. The summed E-state index contributed by atoms with van der Waals surface area (Å²) in [6.07, 6.45) is 1.56. The molecule has 96 valence electrons. The first-order valence-corrected chi connectivity index (χ1v) is 6.73. The van der Waals surface area contributed by atoms with Crippen LogP contribution in [0.3, 0.4) is 0 Å². The molecule has 1 aromatic heterocycles. The molecule has 1 unspecified atom stereocenters. The highest BCUT2D eigenvalue weighted by Crippen LogP contribution is 2.23. The minimum absolute atomic E-state index is 0.129. The van der Waals surface area contributed by atoms with E-state index in [1.165, 1.54) is 11.8 Å². The lowest BCUT2D eigenvalue weighted by Crippen LogP contribution is -2.05. The van der Waals surface area contributed by atoms with Crippen molar-refractivity contribution in [1.29, 1.82) is 0 Å². The number of aliphatic hydroxyl groups is 1. The third-order valence-electron chi connectivity index (χ3n) is 1.84. The number of hydrogen-bond acceptors (Lipinski definition) is 6. The summed E-state index contributed by atoms with van der Waals surface area (Å²) in [5, 5.41) is 9.70. The molecule has 0 aliphatic heterocycles. The fourth-order valence-electron chi connectivity index (χ4n) is 1.05. The molecule has 1 heterocycles. The Morgan fingerprint density at radius 1 is 1.41 bits per heavy atom. The molecule has 1 N–H and O–H groups in total. The molecule has 5 nitrogen and oxygen atoms in total. The molecular weight excluding hydrogens is 262 g/mol. The average molecular weight is 278 g/mol. The second-order valence-electron chi connectivity index (χ2n) is 3.46. The highest BCUT2D eigenvalue weighted by molar-refractivity contribution is 7.99. The van der Waals surface area contributed by atoms with Crippen LogP contribution < -0.4 is 4.74 Å². The van der Waals surface area contributed by atoms with Gasteiger partial charge in [0.25, 0.3) is 0 Å². The zero-order valence-electron chi connectivity index (χ0n) is 9.89. The number of nitrogens with zero attached hydrogens (tertiary/aromatic N) is 3. The van der Waals surface area contributed by atoms with Gasteiger partial charge < -0.3 is 9.84 Å². The Bertz CT molecular complexity index is 354.